The van der Waals surface area contributed by atoms with E-state index in [2.05, 4.69) is 33.9 Å². The Labute approximate surface area is 106 Å². The van der Waals surface area contributed by atoms with Gasteiger partial charge in [0.05, 0.1) is 0 Å². The third kappa shape index (κ3) is 8.11. The van der Waals surface area contributed by atoms with Gasteiger partial charge >= 0.3 is 7.60 Å². The largest absolute Gasteiger partial charge is 0.417 e. The van der Waals surface area contributed by atoms with E-state index in [1.54, 1.807) is 0 Å². The van der Waals surface area contributed by atoms with Crippen molar-refractivity contribution >= 4 is 15.9 Å². The summed E-state index contributed by atoms with van der Waals surface area (Å²) < 4.78 is 16.6. The van der Waals surface area contributed by atoms with Crippen LogP contribution in [0.4, 0.5) is 0 Å². The Morgan fingerprint density at radius 1 is 1.12 bits per heavy atom. The SMILES string of the molecule is CC(C)(C)[Si](C)(C)OCCCCCP(=O)(O)O. The molecule has 0 fully saturated rings. The lowest BCUT2D eigenvalue weighted by atomic mass is 10.2. The van der Waals surface area contributed by atoms with Crippen molar-refractivity contribution in [1.29, 1.82) is 0 Å². The maximum atomic E-state index is 10.6. The maximum Gasteiger partial charge on any atom is 0.325 e. The molecule has 0 spiro atoms. The van der Waals surface area contributed by atoms with Crippen LogP contribution in [0.2, 0.25) is 18.1 Å². The zero-order valence-electron chi connectivity index (χ0n) is 11.7. The van der Waals surface area contributed by atoms with Crippen molar-refractivity contribution in [2.45, 2.75) is 58.2 Å². The second-order valence-electron chi connectivity index (χ2n) is 6.06. The van der Waals surface area contributed by atoms with Crippen LogP contribution in [0.25, 0.3) is 0 Å². The molecule has 0 aliphatic heterocycles. The lowest BCUT2D eigenvalue weighted by Gasteiger charge is -2.36. The zero-order chi connectivity index (χ0) is 13.7. The van der Waals surface area contributed by atoms with E-state index < -0.39 is 15.9 Å². The van der Waals surface area contributed by atoms with Gasteiger partial charge in [0.25, 0.3) is 0 Å². The molecule has 0 atom stereocenters. The van der Waals surface area contributed by atoms with Crippen LogP contribution in [0, 0.1) is 0 Å². The molecule has 0 aromatic carbocycles. The summed E-state index contributed by atoms with van der Waals surface area (Å²) in [6.45, 7) is 11.7. The van der Waals surface area contributed by atoms with Gasteiger partial charge in [-0.2, -0.15) is 0 Å². The lowest BCUT2D eigenvalue weighted by Crippen LogP contribution is -2.40. The summed E-state index contributed by atoms with van der Waals surface area (Å²) in [4.78, 5) is 17.4. The van der Waals surface area contributed by atoms with E-state index in [-0.39, 0.29) is 11.2 Å². The van der Waals surface area contributed by atoms with Crippen LogP contribution >= 0.6 is 7.60 Å². The molecule has 0 radical (unpaired) electrons. The fraction of sp³-hybridized carbons (Fsp3) is 1.00. The van der Waals surface area contributed by atoms with E-state index in [9.17, 15) is 4.57 Å². The Balaban J connectivity index is 3.69. The minimum Gasteiger partial charge on any atom is -0.417 e. The first-order valence-corrected chi connectivity index (χ1v) is 10.8. The summed E-state index contributed by atoms with van der Waals surface area (Å²) in [6.07, 6.45) is 2.27. The average molecular weight is 282 g/mol. The van der Waals surface area contributed by atoms with Gasteiger partial charge in [-0.25, -0.2) is 0 Å². The van der Waals surface area contributed by atoms with Gasteiger partial charge in [-0.3, -0.25) is 4.57 Å². The van der Waals surface area contributed by atoms with E-state index in [0.29, 0.717) is 13.0 Å². The smallest absolute Gasteiger partial charge is 0.325 e. The van der Waals surface area contributed by atoms with Crippen LogP contribution < -0.4 is 0 Å². The molecular formula is C11H27O4PSi. The summed E-state index contributed by atoms with van der Waals surface area (Å²) >= 11 is 0. The first-order valence-electron chi connectivity index (χ1n) is 6.14. The predicted octanol–water partition coefficient (Wildman–Crippen LogP) is 3.36. The third-order valence-corrected chi connectivity index (χ3v) is 8.80. The van der Waals surface area contributed by atoms with Crippen molar-refractivity contribution in [3.05, 3.63) is 0 Å². The van der Waals surface area contributed by atoms with Gasteiger partial charge in [-0.05, 0) is 31.0 Å². The van der Waals surface area contributed by atoms with Crippen LogP contribution in [0.3, 0.4) is 0 Å². The monoisotopic (exact) mass is 282 g/mol. The molecule has 0 aromatic rings. The molecule has 0 amide bonds. The molecule has 2 N–H and O–H groups in total. The van der Waals surface area contributed by atoms with E-state index in [1.165, 1.54) is 0 Å². The molecule has 17 heavy (non-hydrogen) atoms. The highest BCUT2D eigenvalue weighted by Crippen LogP contribution is 2.37. The Kier molecular flexibility index (Phi) is 6.61. The van der Waals surface area contributed by atoms with Gasteiger partial charge in [-0.1, -0.05) is 27.2 Å². The van der Waals surface area contributed by atoms with E-state index >= 15 is 0 Å². The first-order chi connectivity index (χ1) is 7.46. The van der Waals surface area contributed by atoms with Gasteiger partial charge < -0.3 is 14.2 Å². The van der Waals surface area contributed by atoms with Gasteiger partial charge in [0, 0.05) is 12.8 Å². The van der Waals surface area contributed by atoms with Crippen LogP contribution in [0.5, 0.6) is 0 Å². The molecule has 4 nitrogen and oxygen atoms in total. The number of hydrogen-bond acceptors (Lipinski definition) is 2. The summed E-state index contributed by atoms with van der Waals surface area (Å²) in [6, 6.07) is 0. The van der Waals surface area contributed by atoms with Crippen LogP contribution in [-0.2, 0) is 8.99 Å². The molecular weight excluding hydrogens is 255 g/mol. The van der Waals surface area contributed by atoms with Crippen molar-refractivity contribution in [2.75, 3.05) is 12.8 Å². The molecule has 0 rings (SSSR count). The Hall–Kier alpha value is 0.327. The zero-order valence-corrected chi connectivity index (χ0v) is 13.6. The Bertz CT molecular complexity index is 267. The molecule has 0 bridgehead atoms. The van der Waals surface area contributed by atoms with Gasteiger partial charge in [-0.15, -0.1) is 0 Å². The van der Waals surface area contributed by atoms with Crippen LogP contribution in [0.15, 0.2) is 0 Å². The summed E-state index contributed by atoms with van der Waals surface area (Å²) in [7, 11) is -5.46. The lowest BCUT2D eigenvalue weighted by molar-refractivity contribution is 0.278. The maximum absolute atomic E-state index is 10.6. The second kappa shape index (κ2) is 6.48. The van der Waals surface area contributed by atoms with Gasteiger partial charge in [0.2, 0.25) is 0 Å². The quantitative estimate of drug-likeness (QED) is 0.427. The fourth-order valence-electron chi connectivity index (χ4n) is 1.14. The fourth-order valence-corrected chi connectivity index (χ4v) is 2.86. The van der Waals surface area contributed by atoms with Crippen molar-refractivity contribution in [3.8, 4) is 0 Å². The molecule has 0 aliphatic rings. The summed E-state index contributed by atoms with van der Waals surface area (Å²) in [5.41, 5.74) is 0. The number of unbranched alkanes of at least 4 members (excludes halogenated alkanes) is 2. The van der Waals surface area contributed by atoms with E-state index in [0.717, 1.165) is 12.8 Å². The highest BCUT2D eigenvalue weighted by Gasteiger charge is 2.36. The molecule has 0 aromatic heterocycles. The molecule has 0 heterocycles. The highest BCUT2D eigenvalue weighted by atomic mass is 31.2. The molecule has 104 valence electrons. The van der Waals surface area contributed by atoms with Gasteiger partial charge in [0.1, 0.15) is 0 Å². The molecule has 0 aliphatic carbocycles. The van der Waals surface area contributed by atoms with E-state index in [1.807, 2.05) is 0 Å². The Morgan fingerprint density at radius 3 is 2.06 bits per heavy atom. The predicted molar refractivity (Wildman–Crippen MR) is 73.9 cm³/mol. The minimum atomic E-state index is -3.81. The van der Waals surface area contributed by atoms with Gasteiger partial charge in [0.15, 0.2) is 8.32 Å². The number of rotatable bonds is 7. The van der Waals surface area contributed by atoms with E-state index in [4.69, 9.17) is 14.2 Å². The standard InChI is InChI=1S/C11H27O4PSi/c1-11(2,3)17(4,5)15-9-7-6-8-10-16(12,13)14/h6-10H2,1-5H3,(H2,12,13,14). The van der Waals surface area contributed by atoms with Crippen LogP contribution in [-0.4, -0.2) is 30.9 Å². The topological polar surface area (TPSA) is 66.8 Å². The molecule has 0 saturated heterocycles. The normalized spacial score (nSPS) is 14.1. The van der Waals surface area contributed by atoms with Crippen molar-refractivity contribution in [3.63, 3.8) is 0 Å². The highest BCUT2D eigenvalue weighted by molar-refractivity contribution is 7.51. The molecule has 0 saturated carbocycles. The van der Waals surface area contributed by atoms with Crippen molar-refractivity contribution in [1.82, 2.24) is 0 Å². The van der Waals surface area contributed by atoms with Crippen LogP contribution in [0.1, 0.15) is 40.0 Å². The average Bonchev–Trinajstić information content (AvgIpc) is 2.07. The first kappa shape index (κ1) is 17.3. The summed E-state index contributed by atoms with van der Waals surface area (Å²) in [5.74, 6) is 0. The van der Waals surface area contributed by atoms with Crippen molar-refractivity contribution in [2.24, 2.45) is 0 Å². The second-order valence-corrected chi connectivity index (χ2v) is 12.6. The summed E-state index contributed by atoms with van der Waals surface area (Å²) in [5, 5.41) is 0.221. The Morgan fingerprint density at radius 2 is 1.65 bits per heavy atom. The molecule has 6 heteroatoms. The minimum absolute atomic E-state index is 0.00685. The van der Waals surface area contributed by atoms with Crippen molar-refractivity contribution < 1.29 is 18.8 Å². The molecule has 0 unspecified atom stereocenters. The number of hydrogen-bond donors (Lipinski definition) is 2. The third-order valence-electron chi connectivity index (χ3n) is 3.36.